The Morgan fingerprint density at radius 1 is 1.42 bits per heavy atom. The van der Waals surface area contributed by atoms with Gasteiger partial charge in [0.1, 0.15) is 5.75 Å². The number of hydrogen-bond donors (Lipinski definition) is 1. The molecule has 1 saturated carbocycles. The second-order valence-corrected chi connectivity index (χ2v) is 5.46. The van der Waals surface area contributed by atoms with Crippen LogP contribution in [0.5, 0.6) is 5.75 Å². The molecule has 3 nitrogen and oxygen atoms in total. The van der Waals surface area contributed by atoms with Crippen LogP contribution in [0.3, 0.4) is 0 Å². The van der Waals surface area contributed by atoms with Gasteiger partial charge in [0.2, 0.25) is 0 Å². The van der Waals surface area contributed by atoms with E-state index >= 15 is 0 Å². The fourth-order valence-electron chi connectivity index (χ4n) is 2.59. The quantitative estimate of drug-likeness (QED) is 0.868. The van der Waals surface area contributed by atoms with Crippen molar-refractivity contribution in [1.82, 2.24) is 0 Å². The summed E-state index contributed by atoms with van der Waals surface area (Å²) in [5.74, 6) is 1.24. The molecule has 0 aliphatic heterocycles. The van der Waals surface area contributed by atoms with Crippen LogP contribution in [0.2, 0.25) is 5.02 Å². The lowest BCUT2D eigenvalue weighted by Gasteiger charge is -2.36. The Morgan fingerprint density at radius 2 is 2.16 bits per heavy atom. The zero-order valence-electron chi connectivity index (χ0n) is 11.4. The molecule has 0 radical (unpaired) electrons. The van der Waals surface area contributed by atoms with E-state index < -0.39 is 6.10 Å². The van der Waals surface area contributed by atoms with Crippen molar-refractivity contribution < 1.29 is 14.6 Å². The Balaban J connectivity index is 1.88. The summed E-state index contributed by atoms with van der Waals surface area (Å²) in [4.78, 5) is 0. The number of halogens is 1. The number of aliphatic hydroxyl groups excluding tert-OH is 1. The second kappa shape index (κ2) is 6.60. The molecule has 2 rings (SSSR count). The molecule has 0 spiro atoms. The van der Waals surface area contributed by atoms with Crippen molar-refractivity contribution in [1.29, 1.82) is 0 Å². The summed E-state index contributed by atoms with van der Waals surface area (Å²) in [5, 5.41) is 10.8. The Labute approximate surface area is 119 Å². The first-order chi connectivity index (χ1) is 9.13. The van der Waals surface area contributed by atoms with Crippen molar-refractivity contribution in [2.75, 3.05) is 13.7 Å². The third-order valence-electron chi connectivity index (χ3n) is 3.72. The number of benzene rings is 1. The molecule has 1 aliphatic rings. The number of rotatable bonds is 6. The first-order valence-electron chi connectivity index (χ1n) is 6.77. The molecule has 4 heteroatoms. The van der Waals surface area contributed by atoms with Crippen LogP contribution >= 0.6 is 11.6 Å². The predicted molar refractivity (Wildman–Crippen MR) is 75.7 cm³/mol. The monoisotopic (exact) mass is 284 g/mol. The molecule has 1 atom stereocenters. The van der Waals surface area contributed by atoms with Gasteiger partial charge in [0.25, 0.3) is 0 Å². The number of methoxy groups -OCH3 is 1. The van der Waals surface area contributed by atoms with Crippen molar-refractivity contribution in [3.8, 4) is 5.75 Å². The van der Waals surface area contributed by atoms with E-state index in [0.717, 1.165) is 31.4 Å². The summed E-state index contributed by atoms with van der Waals surface area (Å²) < 4.78 is 10.6. The summed E-state index contributed by atoms with van der Waals surface area (Å²) >= 11 is 6.16. The minimum Gasteiger partial charge on any atom is -0.497 e. The van der Waals surface area contributed by atoms with Crippen molar-refractivity contribution in [2.24, 2.45) is 5.92 Å². The Morgan fingerprint density at radius 3 is 2.74 bits per heavy atom. The van der Waals surface area contributed by atoms with Crippen LogP contribution in [0.15, 0.2) is 18.2 Å². The molecule has 19 heavy (non-hydrogen) atoms. The van der Waals surface area contributed by atoms with E-state index in [1.54, 1.807) is 13.2 Å². The van der Waals surface area contributed by atoms with Crippen LogP contribution in [0.4, 0.5) is 0 Å². The van der Waals surface area contributed by atoms with Gasteiger partial charge in [0, 0.05) is 6.61 Å². The first kappa shape index (κ1) is 14.6. The molecule has 1 aromatic rings. The summed E-state index contributed by atoms with van der Waals surface area (Å²) in [6, 6.07) is 5.41. The maximum absolute atomic E-state index is 10.3. The van der Waals surface area contributed by atoms with Crippen LogP contribution in [0.25, 0.3) is 0 Å². The Hall–Kier alpha value is -0.770. The molecule has 1 N–H and O–H groups in total. The van der Waals surface area contributed by atoms with Gasteiger partial charge in [0.05, 0.1) is 24.3 Å². The van der Waals surface area contributed by atoms with Gasteiger partial charge in [-0.15, -0.1) is 0 Å². The molecule has 0 saturated heterocycles. The lowest BCUT2D eigenvalue weighted by molar-refractivity contribution is -0.0380. The van der Waals surface area contributed by atoms with Crippen LogP contribution in [0.1, 0.15) is 37.9 Å². The highest BCUT2D eigenvalue weighted by molar-refractivity contribution is 6.31. The maximum Gasteiger partial charge on any atom is 0.120 e. The Bertz CT molecular complexity index is 416. The van der Waals surface area contributed by atoms with Crippen molar-refractivity contribution >= 4 is 11.6 Å². The van der Waals surface area contributed by atoms with E-state index in [4.69, 9.17) is 21.1 Å². The van der Waals surface area contributed by atoms with Crippen LogP contribution < -0.4 is 4.74 Å². The average molecular weight is 285 g/mol. The van der Waals surface area contributed by atoms with E-state index in [-0.39, 0.29) is 0 Å². The zero-order valence-corrected chi connectivity index (χ0v) is 12.2. The molecule has 0 amide bonds. The average Bonchev–Trinajstić information content (AvgIpc) is 2.35. The van der Waals surface area contributed by atoms with Crippen molar-refractivity contribution in [3.63, 3.8) is 0 Å². The largest absolute Gasteiger partial charge is 0.497 e. The molecule has 1 fully saturated rings. The van der Waals surface area contributed by atoms with E-state index in [9.17, 15) is 5.11 Å². The van der Waals surface area contributed by atoms with E-state index in [1.807, 2.05) is 19.1 Å². The highest BCUT2D eigenvalue weighted by atomic mass is 35.5. The summed E-state index contributed by atoms with van der Waals surface area (Å²) in [6.07, 6.45) is 2.70. The van der Waals surface area contributed by atoms with E-state index in [1.165, 1.54) is 0 Å². The maximum atomic E-state index is 10.3. The van der Waals surface area contributed by atoms with Gasteiger partial charge in [-0.05, 0) is 49.8 Å². The Kier molecular flexibility index (Phi) is 5.08. The molecule has 0 aromatic heterocycles. The van der Waals surface area contributed by atoms with Crippen LogP contribution in [-0.2, 0) is 4.74 Å². The fourth-order valence-corrected chi connectivity index (χ4v) is 2.88. The SMILES string of the molecule is CCOC1CC(CC(O)c2ccc(OC)cc2Cl)C1. The van der Waals surface area contributed by atoms with E-state index in [0.29, 0.717) is 22.8 Å². The normalized spacial score (nSPS) is 23.8. The molecule has 1 aromatic carbocycles. The molecule has 1 unspecified atom stereocenters. The lowest BCUT2D eigenvalue weighted by Crippen LogP contribution is -2.32. The highest BCUT2D eigenvalue weighted by Gasteiger charge is 2.31. The number of aliphatic hydroxyl groups is 1. The molecule has 106 valence electrons. The fraction of sp³-hybridized carbons (Fsp3) is 0.600. The topological polar surface area (TPSA) is 38.7 Å². The van der Waals surface area contributed by atoms with Gasteiger partial charge in [0.15, 0.2) is 0 Å². The first-order valence-corrected chi connectivity index (χ1v) is 7.15. The molecule has 0 bridgehead atoms. The third-order valence-corrected chi connectivity index (χ3v) is 4.05. The second-order valence-electron chi connectivity index (χ2n) is 5.05. The highest BCUT2D eigenvalue weighted by Crippen LogP contribution is 2.38. The number of hydrogen-bond acceptors (Lipinski definition) is 3. The lowest BCUT2D eigenvalue weighted by atomic mass is 9.78. The van der Waals surface area contributed by atoms with Gasteiger partial charge in [-0.25, -0.2) is 0 Å². The smallest absolute Gasteiger partial charge is 0.120 e. The molecular weight excluding hydrogens is 264 g/mol. The van der Waals surface area contributed by atoms with Crippen molar-refractivity contribution in [3.05, 3.63) is 28.8 Å². The van der Waals surface area contributed by atoms with Crippen LogP contribution in [-0.4, -0.2) is 24.9 Å². The van der Waals surface area contributed by atoms with Gasteiger partial charge >= 0.3 is 0 Å². The minimum atomic E-state index is -0.508. The zero-order chi connectivity index (χ0) is 13.8. The summed E-state index contributed by atoms with van der Waals surface area (Å²) in [7, 11) is 1.60. The third kappa shape index (κ3) is 3.62. The van der Waals surface area contributed by atoms with Gasteiger partial charge < -0.3 is 14.6 Å². The van der Waals surface area contributed by atoms with Crippen molar-refractivity contribution in [2.45, 2.75) is 38.4 Å². The summed E-state index contributed by atoms with van der Waals surface area (Å²) in [5.41, 5.74) is 0.780. The molecule has 1 aliphatic carbocycles. The number of ether oxygens (including phenoxy) is 2. The van der Waals surface area contributed by atoms with Gasteiger partial charge in [-0.2, -0.15) is 0 Å². The van der Waals surface area contributed by atoms with Gasteiger partial charge in [-0.3, -0.25) is 0 Å². The standard InChI is InChI=1S/C15H21ClO3/c1-3-19-12-6-10(7-12)8-15(17)13-5-4-11(18-2)9-14(13)16/h4-5,9-10,12,15,17H,3,6-8H2,1-2H3. The predicted octanol–water partition coefficient (Wildman–Crippen LogP) is 3.59. The van der Waals surface area contributed by atoms with Crippen LogP contribution in [0, 0.1) is 5.92 Å². The molecular formula is C15H21ClO3. The minimum absolute atomic E-state index is 0.383. The molecule has 0 heterocycles. The van der Waals surface area contributed by atoms with Gasteiger partial charge in [-0.1, -0.05) is 17.7 Å². The summed E-state index contributed by atoms with van der Waals surface area (Å²) in [6.45, 7) is 2.78. The van der Waals surface area contributed by atoms with E-state index in [2.05, 4.69) is 0 Å².